The lowest BCUT2D eigenvalue weighted by atomic mass is 10.1. The Morgan fingerprint density at radius 2 is 2.06 bits per heavy atom. The van der Waals surface area contributed by atoms with Crippen molar-refractivity contribution >= 4 is 34.9 Å². The summed E-state index contributed by atoms with van der Waals surface area (Å²) in [5.74, 6) is -1.38. The molecule has 1 amide bonds. The maximum atomic E-state index is 11.7. The van der Waals surface area contributed by atoms with E-state index in [-0.39, 0.29) is 24.5 Å². The van der Waals surface area contributed by atoms with Gasteiger partial charge in [0.1, 0.15) is 5.71 Å². The number of aliphatic carboxylic acids is 1. The smallest absolute Gasteiger partial charge is 0.352 e. The second-order valence-corrected chi connectivity index (χ2v) is 3.92. The van der Waals surface area contributed by atoms with Crippen LogP contribution < -0.4 is 5.01 Å². The number of benzene rings is 1. The molecule has 2 rings (SSSR count). The van der Waals surface area contributed by atoms with E-state index in [1.165, 1.54) is 0 Å². The van der Waals surface area contributed by atoms with E-state index in [0.29, 0.717) is 10.7 Å². The molecule has 0 bridgehead atoms. The fourth-order valence-electron chi connectivity index (χ4n) is 1.52. The van der Waals surface area contributed by atoms with Gasteiger partial charge in [0.2, 0.25) is 5.91 Å². The minimum absolute atomic E-state index is 0.0375. The molecule has 1 heterocycles. The van der Waals surface area contributed by atoms with Gasteiger partial charge in [-0.2, -0.15) is 10.1 Å². The molecule has 17 heavy (non-hydrogen) atoms. The van der Waals surface area contributed by atoms with E-state index < -0.39 is 5.97 Å². The van der Waals surface area contributed by atoms with Crippen LogP contribution in [0.2, 0.25) is 5.02 Å². The average molecular weight is 253 g/mol. The number of carboxylic acids is 1. The van der Waals surface area contributed by atoms with E-state index in [1.54, 1.807) is 24.3 Å². The molecule has 1 aliphatic rings. The molecule has 0 atom stereocenters. The zero-order valence-corrected chi connectivity index (χ0v) is 9.52. The van der Waals surface area contributed by atoms with Crippen LogP contribution in [-0.4, -0.2) is 22.7 Å². The number of carbonyl (C=O) groups is 2. The van der Waals surface area contributed by atoms with Gasteiger partial charge in [0.05, 0.1) is 10.7 Å². The summed E-state index contributed by atoms with van der Waals surface area (Å²) < 4.78 is 0. The highest BCUT2D eigenvalue weighted by Crippen LogP contribution is 2.28. The average Bonchev–Trinajstić information content (AvgIpc) is 2.30. The Kier molecular flexibility index (Phi) is 3.10. The van der Waals surface area contributed by atoms with Gasteiger partial charge in [0.25, 0.3) is 0 Å². The molecule has 0 aliphatic carbocycles. The quantitative estimate of drug-likeness (QED) is 0.874. The zero-order valence-electron chi connectivity index (χ0n) is 8.76. The highest BCUT2D eigenvalue weighted by Gasteiger charge is 2.26. The Bertz CT molecular complexity index is 513. The third-order valence-electron chi connectivity index (χ3n) is 2.36. The molecule has 0 unspecified atom stereocenters. The molecule has 0 radical (unpaired) electrons. The lowest BCUT2D eigenvalue weighted by Gasteiger charge is -2.22. The SMILES string of the molecule is O=C(O)C1=NN(c2ccccc2Cl)C(=O)CC1. The number of amides is 1. The van der Waals surface area contributed by atoms with Gasteiger partial charge < -0.3 is 5.11 Å². The summed E-state index contributed by atoms with van der Waals surface area (Å²) in [7, 11) is 0. The van der Waals surface area contributed by atoms with E-state index in [1.807, 2.05) is 0 Å². The highest BCUT2D eigenvalue weighted by atomic mass is 35.5. The van der Waals surface area contributed by atoms with Crippen LogP contribution in [0.15, 0.2) is 29.4 Å². The second kappa shape index (κ2) is 4.55. The first kappa shape index (κ1) is 11.6. The summed E-state index contributed by atoms with van der Waals surface area (Å²) >= 11 is 5.94. The number of carbonyl (C=O) groups excluding carboxylic acids is 1. The first-order valence-corrected chi connectivity index (χ1v) is 5.35. The minimum Gasteiger partial charge on any atom is -0.477 e. The lowest BCUT2D eigenvalue weighted by molar-refractivity contribution is -0.129. The molecule has 0 saturated heterocycles. The van der Waals surface area contributed by atoms with E-state index in [2.05, 4.69) is 5.10 Å². The summed E-state index contributed by atoms with van der Waals surface area (Å²) in [5, 5.41) is 14.1. The molecule has 0 fully saturated rings. The number of nitrogens with zero attached hydrogens (tertiary/aromatic N) is 2. The third kappa shape index (κ3) is 2.29. The molecule has 0 saturated carbocycles. The van der Waals surface area contributed by atoms with Gasteiger partial charge in [0.15, 0.2) is 0 Å². The number of carboxylic acid groups (broad SMARTS) is 1. The summed E-state index contributed by atoms with van der Waals surface area (Å²) in [6.45, 7) is 0. The van der Waals surface area contributed by atoms with Gasteiger partial charge in [-0.05, 0) is 12.1 Å². The largest absolute Gasteiger partial charge is 0.477 e. The van der Waals surface area contributed by atoms with Crippen LogP contribution in [0.3, 0.4) is 0 Å². The molecule has 0 spiro atoms. The van der Waals surface area contributed by atoms with E-state index in [9.17, 15) is 9.59 Å². The van der Waals surface area contributed by atoms with Crippen molar-refractivity contribution in [1.82, 2.24) is 0 Å². The lowest BCUT2D eigenvalue weighted by Crippen LogP contribution is -2.34. The molecule has 0 aromatic heterocycles. The van der Waals surface area contributed by atoms with Crippen molar-refractivity contribution in [3.05, 3.63) is 29.3 Å². The molecule has 5 nitrogen and oxygen atoms in total. The van der Waals surface area contributed by atoms with Crippen molar-refractivity contribution in [2.45, 2.75) is 12.8 Å². The number of hydrogen-bond donors (Lipinski definition) is 1. The molecule has 1 aromatic rings. The fraction of sp³-hybridized carbons (Fsp3) is 0.182. The summed E-state index contributed by atoms with van der Waals surface area (Å²) in [4.78, 5) is 22.5. The predicted octanol–water partition coefficient (Wildman–Crippen LogP) is 1.91. The molecule has 88 valence electrons. The first-order chi connectivity index (χ1) is 8.09. The van der Waals surface area contributed by atoms with Crippen molar-refractivity contribution in [1.29, 1.82) is 0 Å². The predicted molar refractivity (Wildman–Crippen MR) is 63.2 cm³/mol. The van der Waals surface area contributed by atoms with E-state index in [0.717, 1.165) is 5.01 Å². The van der Waals surface area contributed by atoms with E-state index in [4.69, 9.17) is 16.7 Å². The number of rotatable bonds is 2. The normalized spacial score (nSPS) is 15.7. The number of halogens is 1. The topological polar surface area (TPSA) is 70.0 Å². The van der Waals surface area contributed by atoms with Crippen molar-refractivity contribution in [3.63, 3.8) is 0 Å². The van der Waals surface area contributed by atoms with Gasteiger partial charge in [-0.25, -0.2) is 4.79 Å². The number of anilines is 1. The Balaban J connectivity index is 2.43. The van der Waals surface area contributed by atoms with Gasteiger partial charge in [-0.15, -0.1) is 0 Å². The summed E-state index contributed by atoms with van der Waals surface area (Å²) in [6, 6.07) is 6.67. The molecule has 1 N–H and O–H groups in total. The summed E-state index contributed by atoms with van der Waals surface area (Å²) in [6.07, 6.45) is 0.269. The van der Waals surface area contributed by atoms with Gasteiger partial charge in [-0.1, -0.05) is 23.7 Å². The van der Waals surface area contributed by atoms with Crippen LogP contribution in [-0.2, 0) is 9.59 Å². The van der Waals surface area contributed by atoms with Crippen LogP contribution in [0, 0.1) is 0 Å². The molecular formula is C11H9ClN2O3. The molecular weight excluding hydrogens is 244 g/mol. The third-order valence-corrected chi connectivity index (χ3v) is 2.68. The van der Waals surface area contributed by atoms with Gasteiger partial charge in [0, 0.05) is 12.8 Å². The standard InChI is InChI=1S/C11H9ClN2O3/c12-7-3-1-2-4-9(7)14-10(15)6-5-8(13-14)11(16)17/h1-4H,5-6H2,(H,16,17). The summed E-state index contributed by atoms with van der Waals surface area (Å²) in [5.41, 5.74) is 0.363. The highest BCUT2D eigenvalue weighted by molar-refractivity contribution is 6.38. The monoisotopic (exact) mass is 252 g/mol. The maximum absolute atomic E-state index is 11.7. The first-order valence-electron chi connectivity index (χ1n) is 4.98. The van der Waals surface area contributed by atoms with Crippen molar-refractivity contribution in [2.75, 3.05) is 5.01 Å². The maximum Gasteiger partial charge on any atom is 0.352 e. The van der Waals surface area contributed by atoms with E-state index >= 15 is 0 Å². The Morgan fingerprint density at radius 1 is 1.35 bits per heavy atom. The second-order valence-electron chi connectivity index (χ2n) is 3.51. The van der Waals surface area contributed by atoms with Crippen molar-refractivity contribution in [3.8, 4) is 0 Å². The minimum atomic E-state index is -1.12. The Hall–Kier alpha value is -1.88. The Morgan fingerprint density at radius 3 is 2.71 bits per heavy atom. The molecule has 6 heteroatoms. The van der Waals surface area contributed by atoms with Crippen LogP contribution >= 0.6 is 11.6 Å². The van der Waals surface area contributed by atoms with Crippen LogP contribution in [0.25, 0.3) is 0 Å². The van der Waals surface area contributed by atoms with Crippen LogP contribution in [0.5, 0.6) is 0 Å². The van der Waals surface area contributed by atoms with Gasteiger partial charge >= 0.3 is 5.97 Å². The van der Waals surface area contributed by atoms with Crippen molar-refractivity contribution < 1.29 is 14.7 Å². The van der Waals surface area contributed by atoms with Crippen LogP contribution in [0.4, 0.5) is 5.69 Å². The fourth-order valence-corrected chi connectivity index (χ4v) is 1.73. The van der Waals surface area contributed by atoms with Gasteiger partial charge in [-0.3, -0.25) is 4.79 Å². The zero-order chi connectivity index (χ0) is 12.4. The molecule has 1 aromatic carbocycles. The number of para-hydroxylation sites is 1. The number of hydrazone groups is 1. The molecule has 1 aliphatic heterocycles. The van der Waals surface area contributed by atoms with Crippen LogP contribution in [0.1, 0.15) is 12.8 Å². The van der Waals surface area contributed by atoms with Crippen molar-refractivity contribution in [2.24, 2.45) is 5.10 Å². The Labute approximate surface area is 102 Å². The number of hydrogen-bond acceptors (Lipinski definition) is 3.